The van der Waals surface area contributed by atoms with Gasteiger partial charge in [-0.25, -0.2) is 0 Å². The number of ether oxygens (including phenoxy) is 1. The third kappa shape index (κ3) is 2.75. The Labute approximate surface area is 92.0 Å². The van der Waals surface area contributed by atoms with Crippen LogP contribution in [-0.2, 0) is 4.74 Å². The Kier molecular flexibility index (Phi) is 4.69. The Hall–Kier alpha value is -0.960. The van der Waals surface area contributed by atoms with Crippen molar-refractivity contribution in [3.05, 3.63) is 0 Å². The fourth-order valence-electron chi connectivity index (χ4n) is 2.19. The first-order chi connectivity index (χ1) is 7.29. The molecule has 0 saturated heterocycles. The summed E-state index contributed by atoms with van der Waals surface area (Å²) in [6, 6.07) is 0. The van der Waals surface area contributed by atoms with Gasteiger partial charge in [0.05, 0.1) is 13.2 Å². The molecule has 2 heteroatoms. The highest BCUT2D eigenvalue weighted by Crippen LogP contribution is 2.34. The van der Waals surface area contributed by atoms with E-state index in [1.54, 1.807) is 0 Å². The highest BCUT2D eigenvalue weighted by atomic mass is 16.5. The summed E-state index contributed by atoms with van der Waals surface area (Å²) in [6.07, 6.45) is 16.6. The lowest BCUT2D eigenvalue weighted by Gasteiger charge is -2.34. The lowest BCUT2D eigenvalue weighted by Crippen LogP contribution is -2.40. The summed E-state index contributed by atoms with van der Waals surface area (Å²) >= 11 is 0. The van der Waals surface area contributed by atoms with Crippen molar-refractivity contribution >= 4 is 0 Å². The van der Waals surface area contributed by atoms with E-state index in [2.05, 4.69) is 11.8 Å². The van der Waals surface area contributed by atoms with Gasteiger partial charge >= 0.3 is 0 Å². The SMILES string of the molecule is C#CC(C#C)(OCCO)C1CCCCC1. The minimum absolute atomic E-state index is 0.0438. The molecule has 1 saturated carbocycles. The number of aliphatic hydroxyl groups is 1. The number of aliphatic hydroxyl groups excluding tert-OH is 1. The summed E-state index contributed by atoms with van der Waals surface area (Å²) in [5.74, 6) is 5.44. The van der Waals surface area contributed by atoms with Crippen LogP contribution in [0.3, 0.4) is 0 Å². The molecule has 1 aliphatic rings. The van der Waals surface area contributed by atoms with Gasteiger partial charge in [0.1, 0.15) is 0 Å². The predicted molar refractivity (Wildman–Crippen MR) is 60.0 cm³/mol. The minimum atomic E-state index is -0.900. The van der Waals surface area contributed by atoms with E-state index in [1.807, 2.05) is 0 Å². The largest absolute Gasteiger partial charge is 0.394 e. The topological polar surface area (TPSA) is 29.5 Å². The fourth-order valence-corrected chi connectivity index (χ4v) is 2.19. The van der Waals surface area contributed by atoms with E-state index in [9.17, 15) is 0 Å². The van der Waals surface area contributed by atoms with E-state index in [0.717, 1.165) is 25.7 Å². The molecule has 0 aromatic heterocycles. The molecule has 0 aliphatic heterocycles. The molecule has 0 heterocycles. The van der Waals surface area contributed by atoms with Gasteiger partial charge < -0.3 is 9.84 Å². The van der Waals surface area contributed by atoms with E-state index in [4.69, 9.17) is 22.7 Å². The number of hydrogen-bond donors (Lipinski definition) is 1. The number of rotatable bonds is 4. The Balaban J connectivity index is 2.71. The van der Waals surface area contributed by atoms with Crippen molar-refractivity contribution in [1.82, 2.24) is 0 Å². The molecular formula is C13H18O2. The second-order valence-electron chi connectivity index (χ2n) is 3.93. The maximum absolute atomic E-state index is 8.76. The average molecular weight is 206 g/mol. The third-order valence-electron chi connectivity index (χ3n) is 3.03. The van der Waals surface area contributed by atoms with Crippen molar-refractivity contribution in [2.75, 3.05) is 13.2 Å². The number of hydrogen-bond acceptors (Lipinski definition) is 2. The zero-order valence-corrected chi connectivity index (χ0v) is 9.04. The van der Waals surface area contributed by atoms with Crippen LogP contribution in [0.4, 0.5) is 0 Å². The van der Waals surface area contributed by atoms with Gasteiger partial charge in [-0.1, -0.05) is 31.1 Å². The van der Waals surface area contributed by atoms with Crippen LogP contribution in [-0.4, -0.2) is 23.9 Å². The Morgan fingerprint density at radius 2 is 1.80 bits per heavy atom. The van der Waals surface area contributed by atoms with Crippen LogP contribution < -0.4 is 0 Å². The van der Waals surface area contributed by atoms with Gasteiger partial charge in [0.15, 0.2) is 5.60 Å². The van der Waals surface area contributed by atoms with Crippen molar-refractivity contribution in [2.24, 2.45) is 5.92 Å². The zero-order chi connectivity index (χ0) is 11.1. The molecule has 0 atom stereocenters. The van der Waals surface area contributed by atoms with Gasteiger partial charge in [0.25, 0.3) is 0 Å². The molecule has 1 aliphatic carbocycles. The molecule has 1 fully saturated rings. The molecule has 0 unspecified atom stereocenters. The second kappa shape index (κ2) is 5.81. The zero-order valence-electron chi connectivity index (χ0n) is 9.04. The summed E-state index contributed by atoms with van der Waals surface area (Å²) in [4.78, 5) is 0. The van der Waals surface area contributed by atoms with Crippen LogP contribution in [0, 0.1) is 30.6 Å². The van der Waals surface area contributed by atoms with Crippen LogP contribution in [0.25, 0.3) is 0 Å². The first kappa shape index (κ1) is 12.1. The number of terminal acetylenes is 2. The van der Waals surface area contributed by atoms with Gasteiger partial charge in [0, 0.05) is 5.92 Å². The fraction of sp³-hybridized carbons (Fsp3) is 0.692. The van der Waals surface area contributed by atoms with Crippen molar-refractivity contribution in [1.29, 1.82) is 0 Å². The molecule has 1 rings (SSSR count). The van der Waals surface area contributed by atoms with Crippen LogP contribution >= 0.6 is 0 Å². The lowest BCUT2D eigenvalue weighted by atomic mass is 9.77. The maximum Gasteiger partial charge on any atom is 0.192 e. The van der Waals surface area contributed by atoms with Crippen molar-refractivity contribution in [3.8, 4) is 24.7 Å². The molecule has 0 amide bonds. The Morgan fingerprint density at radius 1 is 1.20 bits per heavy atom. The lowest BCUT2D eigenvalue weighted by molar-refractivity contribution is -0.0265. The normalized spacial score (nSPS) is 18.1. The maximum atomic E-state index is 8.76. The molecule has 82 valence electrons. The Morgan fingerprint density at radius 3 is 2.27 bits per heavy atom. The van der Waals surface area contributed by atoms with E-state index < -0.39 is 5.60 Å². The smallest absolute Gasteiger partial charge is 0.192 e. The molecule has 0 aromatic carbocycles. The van der Waals surface area contributed by atoms with Crippen LogP contribution in [0.5, 0.6) is 0 Å². The van der Waals surface area contributed by atoms with E-state index >= 15 is 0 Å². The van der Waals surface area contributed by atoms with E-state index in [-0.39, 0.29) is 19.1 Å². The van der Waals surface area contributed by atoms with Crippen molar-refractivity contribution < 1.29 is 9.84 Å². The van der Waals surface area contributed by atoms with E-state index in [0.29, 0.717) is 0 Å². The molecule has 0 radical (unpaired) electrons. The standard InChI is InChI=1S/C13H18O2/c1-3-13(4-2,15-11-10-14)12-8-6-5-7-9-12/h1-2,12,14H,5-11H2. The van der Waals surface area contributed by atoms with Crippen LogP contribution in [0.2, 0.25) is 0 Å². The molecular weight excluding hydrogens is 188 g/mol. The summed E-state index contributed by atoms with van der Waals surface area (Å²) in [5.41, 5.74) is -0.900. The molecule has 2 nitrogen and oxygen atoms in total. The molecule has 0 aromatic rings. The van der Waals surface area contributed by atoms with Gasteiger partial charge in [-0.2, -0.15) is 0 Å². The molecule has 0 spiro atoms. The average Bonchev–Trinajstić information content (AvgIpc) is 2.33. The highest BCUT2D eigenvalue weighted by Gasteiger charge is 2.36. The van der Waals surface area contributed by atoms with Gasteiger partial charge in [-0.15, -0.1) is 12.8 Å². The third-order valence-corrected chi connectivity index (χ3v) is 3.03. The molecule has 1 N–H and O–H groups in total. The van der Waals surface area contributed by atoms with Crippen LogP contribution in [0.1, 0.15) is 32.1 Å². The highest BCUT2D eigenvalue weighted by molar-refractivity contribution is 5.27. The van der Waals surface area contributed by atoms with Gasteiger partial charge in [0.2, 0.25) is 0 Å². The minimum Gasteiger partial charge on any atom is -0.394 e. The second-order valence-corrected chi connectivity index (χ2v) is 3.93. The summed E-state index contributed by atoms with van der Waals surface area (Å²) in [6.45, 7) is 0.169. The monoisotopic (exact) mass is 206 g/mol. The quantitative estimate of drug-likeness (QED) is 0.708. The molecule has 15 heavy (non-hydrogen) atoms. The first-order valence-corrected chi connectivity index (χ1v) is 5.49. The Bertz CT molecular complexity index is 249. The van der Waals surface area contributed by atoms with Crippen molar-refractivity contribution in [2.45, 2.75) is 37.7 Å². The first-order valence-electron chi connectivity index (χ1n) is 5.49. The summed E-state index contributed by atoms with van der Waals surface area (Å²) < 4.78 is 5.49. The van der Waals surface area contributed by atoms with Gasteiger partial charge in [-0.3, -0.25) is 0 Å². The van der Waals surface area contributed by atoms with Gasteiger partial charge in [-0.05, 0) is 12.8 Å². The predicted octanol–water partition coefficient (Wildman–Crippen LogP) is 1.58. The van der Waals surface area contributed by atoms with E-state index in [1.165, 1.54) is 6.42 Å². The summed E-state index contributed by atoms with van der Waals surface area (Å²) in [5, 5.41) is 8.76. The van der Waals surface area contributed by atoms with Crippen LogP contribution in [0.15, 0.2) is 0 Å². The molecule has 0 bridgehead atoms. The van der Waals surface area contributed by atoms with Crippen molar-refractivity contribution in [3.63, 3.8) is 0 Å². The summed E-state index contributed by atoms with van der Waals surface area (Å²) in [7, 11) is 0.